The Labute approximate surface area is 145 Å². The molecule has 2 aliphatic carbocycles. The van der Waals surface area contributed by atoms with E-state index in [-0.39, 0.29) is 5.97 Å². The minimum atomic E-state index is -1.08. The second kappa shape index (κ2) is 4.76. The Morgan fingerprint density at radius 2 is 1.64 bits per heavy atom. The van der Waals surface area contributed by atoms with Crippen molar-refractivity contribution in [2.75, 3.05) is 0 Å². The molecule has 0 amide bonds. The van der Waals surface area contributed by atoms with E-state index in [2.05, 4.69) is 0 Å². The summed E-state index contributed by atoms with van der Waals surface area (Å²) in [5, 5.41) is 2.02. The predicted molar refractivity (Wildman–Crippen MR) is 93.3 cm³/mol. The zero-order valence-corrected chi connectivity index (χ0v) is 13.6. The summed E-state index contributed by atoms with van der Waals surface area (Å²) in [5.41, 5.74) is -0.728. The van der Waals surface area contributed by atoms with Crippen LogP contribution < -0.4 is 9.47 Å². The van der Waals surface area contributed by atoms with Gasteiger partial charge in [-0.3, -0.25) is 4.79 Å². The first-order valence-corrected chi connectivity index (χ1v) is 8.27. The van der Waals surface area contributed by atoms with Crippen LogP contribution in [-0.4, -0.2) is 17.9 Å². The third-order valence-corrected chi connectivity index (χ3v) is 5.06. The van der Waals surface area contributed by atoms with Gasteiger partial charge in [0.25, 0.3) is 5.79 Å². The molecule has 0 saturated carbocycles. The second-order valence-corrected chi connectivity index (χ2v) is 6.52. The fourth-order valence-corrected chi connectivity index (χ4v) is 3.97. The Morgan fingerprint density at radius 1 is 1.00 bits per heavy atom. The van der Waals surface area contributed by atoms with E-state index in [0.717, 1.165) is 22.3 Å². The molecule has 5 rings (SSSR count). The number of rotatable bonds is 1. The predicted octanol–water partition coefficient (Wildman–Crippen LogP) is 3.92. The molecule has 1 heterocycles. The fraction of sp³-hybridized carbons (Fsp3) is 0.190. The van der Waals surface area contributed by atoms with Crippen LogP contribution in [0, 0.1) is 5.41 Å². The largest absolute Gasteiger partial charge is 0.457 e. The summed E-state index contributed by atoms with van der Waals surface area (Å²) in [6.07, 6.45) is 11.0. The number of hydrogen-bond acceptors (Lipinski definition) is 4. The summed E-state index contributed by atoms with van der Waals surface area (Å²) in [4.78, 5) is 11.6. The van der Waals surface area contributed by atoms with Crippen molar-refractivity contribution in [2.24, 2.45) is 5.41 Å². The second-order valence-electron chi connectivity index (χ2n) is 6.52. The number of benzene rings is 2. The van der Waals surface area contributed by atoms with E-state index in [9.17, 15) is 4.79 Å². The first-order chi connectivity index (χ1) is 12.1. The van der Waals surface area contributed by atoms with Gasteiger partial charge in [-0.25, -0.2) is 0 Å². The summed E-state index contributed by atoms with van der Waals surface area (Å²) in [5.74, 6) is 0.110. The average Bonchev–Trinajstić information content (AvgIpc) is 3.18. The molecule has 0 aromatic heterocycles. The summed E-state index contributed by atoms with van der Waals surface area (Å²) in [6, 6.07) is 11.9. The van der Waals surface area contributed by atoms with Gasteiger partial charge in [-0.05, 0) is 23.6 Å². The number of carbonyl (C=O) groups excluding carboxylic acids is 1. The molecule has 0 fully saturated rings. The molecule has 124 valence electrons. The van der Waals surface area contributed by atoms with Crippen molar-refractivity contribution in [3.05, 3.63) is 72.9 Å². The van der Waals surface area contributed by atoms with Gasteiger partial charge in [0.1, 0.15) is 23.0 Å². The average molecular weight is 332 g/mol. The Bertz CT molecular complexity index is 930. The SMILES string of the molecule is CC(=O)OC1C=CC2(Oc3cccc4cccc(c34)O2)C12C=CC=C2. The lowest BCUT2D eigenvalue weighted by molar-refractivity contribution is -0.168. The lowest BCUT2D eigenvalue weighted by atomic mass is 9.79. The highest BCUT2D eigenvalue weighted by atomic mass is 16.7. The van der Waals surface area contributed by atoms with Gasteiger partial charge in [0.15, 0.2) is 0 Å². The first kappa shape index (κ1) is 14.3. The van der Waals surface area contributed by atoms with Gasteiger partial charge in [0, 0.05) is 13.0 Å². The maximum atomic E-state index is 11.6. The van der Waals surface area contributed by atoms with Crippen LogP contribution in [0.4, 0.5) is 0 Å². The van der Waals surface area contributed by atoms with Crippen LogP contribution in [0.5, 0.6) is 11.5 Å². The maximum Gasteiger partial charge on any atom is 0.303 e. The van der Waals surface area contributed by atoms with E-state index in [4.69, 9.17) is 14.2 Å². The molecular weight excluding hydrogens is 316 g/mol. The molecular formula is C21H16O4. The van der Waals surface area contributed by atoms with Gasteiger partial charge < -0.3 is 14.2 Å². The number of hydrogen-bond donors (Lipinski definition) is 0. The van der Waals surface area contributed by atoms with E-state index in [1.54, 1.807) is 0 Å². The van der Waals surface area contributed by atoms with E-state index in [0.29, 0.717) is 0 Å². The van der Waals surface area contributed by atoms with Gasteiger partial charge in [-0.1, -0.05) is 48.6 Å². The third-order valence-electron chi connectivity index (χ3n) is 5.06. The van der Waals surface area contributed by atoms with E-state index in [1.165, 1.54) is 6.92 Å². The Balaban J connectivity index is 1.68. The quantitative estimate of drug-likeness (QED) is 0.586. The van der Waals surface area contributed by atoms with Crippen molar-refractivity contribution in [1.29, 1.82) is 0 Å². The molecule has 0 N–H and O–H groups in total. The number of fused-ring (bicyclic) bond motifs is 1. The smallest absolute Gasteiger partial charge is 0.303 e. The Hall–Kier alpha value is -3.01. The normalized spacial score (nSPS) is 23.2. The van der Waals surface area contributed by atoms with E-state index >= 15 is 0 Å². The highest BCUT2D eigenvalue weighted by Crippen LogP contribution is 2.55. The molecule has 4 nitrogen and oxygen atoms in total. The number of ether oxygens (including phenoxy) is 3. The van der Waals surface area contributed by atoms with Gasteiger partial charge in [0.05, 0.1) is 5.39 Å². The number of carbonyl (C=O) groups is 1. The topological polar surface area (TPSA) is 44.8 Å². The standard InChI is InChI=1S/C21H16O4/c1-14(22)23-18-10-13-21(20(18)11-2-3-12-20)24-16-8-4-6-15-7-5-9-17(25-21)19(15)16/h2-13,18H,1H3. The number of esters is 1. The van der Waals surface area contributed by atoms with Crippen LogP contribution in [0.25, 0.3) is 10.8 Å². The van der Waals surface area contributed by atoms with Crippen molar-refractivity contribution >= 4 is 16.7 Å². The minimum Gasteiger partial charge on any atom is -0.457 e. The molecule has 4 heteroatoms. The molecule has 2 aromatic rings. The van der Waals surface area contributed by atoms with Gasteiger partial charge >= 0.3 is 5.97 Å². The van der Waals surface area contributed by atoms with Gasteiger partial charge in [0.2, 0.25) is 0 Å². The molecule has 1 aliphatic heterocycles. The van der Waals surface area contributed by atoms with Crippen molar-refractivity contribution in [1.82, 2.24) is 0 Å². The lowest BCUT2D eigenvalue weighted by Gasteiger charge is -2.45. The van der Waals surface area contributed by atoms with Crippen LogP contribution in [0.3, 0.4) is 0 Å². The zero-order chi connectivity index (χ0) is 17.1. The van der Waals surface area contributed by atoms with E-state index in [1.807, 2.05) is 72.9 Å². The van der Waals surface area contributed by atoms with Crippen LogP contribution in [0.15, 0.2) is 72.9 Å². The van der Waals surface area contributed by atoms with Crippen LogP contribution >= 0.6 is 0 Å². The van der Waals surface area contributed by atoms with Gasteiger partial charge in [-0.15, -0.1) is 0 Å². The zero-order valence-electron chi connectivity index (χ0n) is 13.6. The summed E-state index contributed by atoms with van der Waals surface area (Å²) < 4.78 is 18.3. The van der Waals surface area contributed by atoms with Crippen molar-refractivity contribution < 1.29 is 19.0 Å². The lowest BCUT2D eigenvalue weighted by Crippen LogP contribution is -2.56. The van der Waals surface area contributed by atoms with E-state index < -0.39 is 17.3 Å². The molecule has 0 bridgehead atoms. The summed E-state index contributed by atoms with van der Waals surface area (Å²) in [6.45, 7) is 1.41. The van der Waals surface area contributed by atoms with Crippen LogP contribution in [0.1, 0.15) is 6.92 Å². The maximum absolute atomic E-state index is 11.6. The van der Waals surface area contributed by atoms with Crippen LogP contribution in [0.2, 0.25) is 0 Å². The molecule has 1 unspecified atom stereocenters. The molecule has 2 aromatic carbocycles. The van der Waals surface area contributed by atoms with Crippen LogP contribution in [-0.2, 0) is 9.53 Å². The molecule has 0 radical (unpaired) electrons. The Kier molecular flexibility index (Phi) is 2.73. The number of allylic oxidation sites excluding steroid dienone is 2. The highest BCUT2D eigenvalue weighted by Gasteiger charge is 2.63. The molecule has 2 spiro atoms. The van der Waals surface area contributed by atoms with Crippen molar-refractivity contribution in [3.8, 4) is 11.5 Å². The minimum absolute atomic E-state index is 0.335. The van der Waals surface area contributed by atoms with Crippen molar-refractivity contribution in [3.63, 3.8) is 0 Å². The third kappa shape index (κ3) is 1.79. The van der Waals surface area contributed by atoms with Crippen molar-refractivity contribution in [2.45, 2.75) is 18.8 Å². The monoisotopic (exact) mass is 332 g/mol. The Morgan fingerprint density at radius 3 is 2.24 bits per heavy atom. The molecule has 3 aliphatic rings. The van der Waals surface area contributed by atoms with Gasteiger partial charge in [-0.2, -0.15) is 0 Å². The fourth-order valence-electron chi connectivity index (χ4n) is 3.97. The first-order valence-electron chi connectivity index (χ1n) is 8.27. The summed E-state index contributed by atoms with van der Waals surface area (Å²) in [7, 11) is 0. The molecule has 25 heavy (non-hydrogen) atoms. The molecule has 0 saturated heterocycles. The highest BCUT2D eigenvalue weighted by molar-refractivity contribution is 5.94. The summed E-state index contributed by atoms with van der Waals surface area (Å²) >= 11 is 0. The molecule has 1 atom stereocenters.